The maximum Gasteiger partial charge on any atom is 0.276 e. The molecule has 0 saturated heterocycles. The van der Waals surface area contributed by atoms with Gasteiger partial charge in [-0.2, -0.15) is 0 Å². The van der Waals surface area contributed by atoms with Gasteiger partial charge in [0.1, 0.15) is 12.0 Å². The summed E-state index contributed by atoms with van der Waals surface area (Å²) in [5, 5.41) is 19.8. The van der Waals surface area contributed by atoms with Crippen molar-refractivity contribution in [1.82, 2.24) is 30.9 Å². The summed E-state index contributed by atoms with van der Waals surface area (Å²) in [4.78, 5) is 38.4. The molecule has 172 valence electrons. The molecule has 0 atom stereocenters. The third-order valence-corrected chi connectivity index (χ3v) is 5.69. The number of carbonyl (C=O) groups is 2. The smallest absolute Gasteiger partial charge is 0.276 e. The molecule has 0 unspecified atom stereocenters. The van der Waals surface area contributed by atoms with Crippen LogP contribution in [0.5, 0.6) is 0 Å². The topological polar surface area (TPSA) is 145 Å². The van der Waals surface area contributed by atoms with E-state index in [0.717, 1.165) is 44.2 Å². The van der Waals surface area contributed by atoms with E-state index in [0.29, 0.717) is 17.3 Å². The van der Waals surface area contributed by atoms with Crippen molar-refractivity contribution in [2.75, 3.05) is 12.4 Å². The van der Waals surface area contributed by atoms with E-state index in [1.807, 2.05) is 12.1 Å². The molecular formula is C23H28N8O2. The molecule has 2 fully saturated rings. The van der Waals surface area contributed by atoms with E-state index in [9.17, 15) is 9.59 Å². The second-order valence-electron chi connectivity index (χ2n) is 8.29. The summed E-state index contributed by atoms with van der Waals surface area (Å²) >= 11 is 0. The lowest BCUT2D eigenvalue weighted by Gasteiger charge is -2.16. The van der Waals surface area contributed by atoms with E-state index in [1.165, 1.54) is 12.5 Å². The van der Waals surface area contributed by atoms with Gasteiger partial charge < -0.3 is 21.3 Å². The monoisotopic (exact) mass is 448 g/mol. The van der Waals surface area contributed by atoms with Crippen molar-refractivity contribution in [2.45, 2.75) is 50.5 Å². The van der Waals surface area contributed by atoms with E-state index >= 15 is 0 Å². The van der Waals surface area contributed by atoms with Crippen LogP contribution in [0.1, 0.15) is 60.6 Å². The molecule has 33 heavy (non-hydrogen) atoms. The number of amides is 2. The van der Waals surface area contributed by atoms with Crippen LogP contribution in [0.15, 0.2) is 42.8 Å². The fourth-order valence-corrected chi connectivity index (χ4v) is 3.82. The van der Waals surface area contributed by atoms with Gasteiger partial charge in [-0.05, 0) is 37.8 Å². The van der Waals surface area contributed by atoms with Crippen LogP contribution in [-0.2, 0) is 4.79 Å². The SMILES string of the molecule is CN/C=C(/NC(=O)c1nc(C2CC2)ccc1Nc1cncnc1)C(=N)C(=O)NC1CCCC1. The molecule has 0 aliphatic heterocycles. The number of anilines is 2. The highest BCUT2D eigenvalue weighted by Gasteiger charge is 2.28. The number of carbonyl (C=O) groups excluding carboxylic acids is 2. The number of aromatic nitrogens is 3. The van der Waals surface area contributed by atoms with Crippen LogP contribution in [0.2, 0.25) is 0 Å². The van der Waals surface area contributed by atoms with Crippen LogP contribution in [0.4, 0.5) is 11.4 Å². The molecule has 0 spiro atoms. The molecule has 2 saturated carbocycles. The molecule has 0 aromatic carbocycles. The van der Waals surface area contributed by atoms with Gasteiger partial charge in [0.15, 0.2) is 5.69 Å². The van der Waals surface area contributed by atoms with Crippen LogP contribution in [-0.4, -0.2) is 45.6 Å². The predicted octanol–water partition coefficient (Wildman–Crippen LogP) is 2.36. The number of hydrogen-bond acceptors (Lipinski definition) is 8. The summed E-state index contributed by atoms with van der Waals surface area (Å²) in [6.07, 6.45) is 12.1. The fourth-order valence-electron chi connectivity index (χ4n) is 3.82. The number of hydrogen-bond donors (Lipinski definition) is 5. The van der Waals surface area contributed by atoms with Crippen LogP contribution >= 0.6 is 0 Å². The molecule has 2 heterocycles. The number of rotatable bonds is 9. The fraction of sp³-hybridized carbons (Fsp3) is 0.391. The Morgan fingerprint density at radius 2 is 1.82 bits per heavy atom. The summed E-state index contributed by atoms with van der Waals surface area (Å²) in [6, 6.07) is 3.79. The highest BCUT2D eigenvalue weighted by Crippen LogP contribution is 2.39. The second kappa shape index (κ2) is 10.2. The zero-order valence-electron chi connectivity index (χ0n) is 18.5. The Morgan fingerprint density at radius 1 is 1.09 bits per heavy atom. The minimum absolute atomic E-state index is 0.0742. The zero-order chi connectivity index (χ0) is 23.2. The Balaban J connectivity index is 1.54. The van der Waals surface area contributed by atoms with Crippen molar-refractivity contribution in [3.05, 3.63) is 54.1 Å². The van der Waals surface area contributed by atoms with Crippen LogP contribution in [0.3, 0.4) is 0 Å². The number of nitrogens with one attached hydrogen (secondary N) is 5. The maximum atomic E-state index is 13.3. The standard InChI is InChI=1S/C23H28N8O2/c1-25-12-19(20(24)22(32)29-15-4-2-3-5-15)31-23(33)21-18(28-16-10-26-13-27-11-16)9-8-17(30-21)14-6-7-14/h8-15,24-25,28H,2-7H2,1H3,(H,29,32)(H,31,33)/b19-12+,24-20?. The molecule has 2 amide bonds. The Kier molecular flexibility index (Phi) is 6.92. The first-order valence-electron chi connectivity index (χ1n) is 11.2. The first-order valence-corrected chi connectivity index (χ1v) is 11.2. The van der Waals surface area contributed by atoms with Crippen molar-refractivity contribution in [3.63, 3.8) is 0 Å². The van der Waals surface area contributed by atoms with Crippen LogP contribution in [0, 0.1) is 5.41 Å². The average molecular weight is 449 g/mol. The van der Waals surface area contributed by atoms with E-state index in [4.69, 9.17) is 5.41 Å². The minimum Gasteiger partial charge on any atom is -0.392 e. The second-order valence-corrected chi connectivity index (χ2v) is 8.29. The van der Waals surface area contributed by atoms with Crippen molar-refractivity contribution in [2.24, 2.45) is 0 Å². The first-order chi connectivity index (χ1) is 16.0. The van der Waals surface area contributed by atoms with Gasteiger partial charge in [0.25, 0.3) is 11.8 Å². The number of nitrogens with zero attached hydrogens (tertiary/aromatic N) is 3. The van der Waals surface area contributed by atoms with Gasteiger partial charge in [-0.1, -0.05) is 12.8 Å². The summed E-state index contributed by atoms with van der Waals surface area (Å²) < 4.78 is 0. The van der Waals surface area contributed by atoms with Gasteiger partial charge >= 0.3 is 0 Å². The van der Waals surface area contributed by atoms with Gasteiger partial charge in [-0.3, -0.25) is 15.0 Å². The van der Waals surface area contributed by atoms with E-state index in [1.54, 1.807) is 19.4 Å². The molecule has 0 radical (unpaired) electrons. The quantitative estimate of drug-likeness (QED) is 0.370. The molecule has 5 N–H and O–H groups in total. The van der Waals surface area contributed by atoms with Gasteiger partial charge in [0.2, 0.25) is 0 Å². The Labute approximate surface area is 192 Å². The molecule has 2 aliphatic carbocycles. The highest BCUT2D eigenvalue weighted by atomic mass is 16.2. The molecule has 0 bridgehead atoms. The third-order valence-electron chi connectivity index (χ3n) is 5.69. The lowest BCUT2D eigenvalue weighted by atomic mass is 10.1. The lowest BCUT2D eigenvalue weighted by molar-refractivity contribution is -0.115. The lowest BCUT2D eigenvalue weighted by Crippen LogP contribution is -2.41. The summed E-state index contributed by atoms with van der Waals surface area (Å²) in [5.74, 6) is -0.673. The Hall–Kier alpha value is -3.82. The zero-order valence-corrected chi connectivity index (χ0v) is 18.5. The van der Waals surface area contributed by atoms with Crippen molar-refractivity contribution in [3.8, 4) is 0 Å². The van der Waals surface area contributed by atoms with Crippen molar-refractivity contribution < 1.29 is 9.59 Å². The Bertz CT molecular complexity index is 1060. The molecule has 10 heteroatoms. The van der Waals surface area contributed by atoms with E-state index < -0.39 is 11.8 Å². The average Bonchev–Trinajstić information content (AvgIpc) is 3.55. The largest absolute Gasteiger partial charge is 0.392 e. The first kappa shape index (κ1) is 22.4. The highest BCUT2D eigenvalue weighted by molar-refractivity contribution is 6.44. The van der Waals surface area contributed by atoms with Gasteiger partial charge in [-0.15, -0.1) is 0 Å². The van der Waals surface area contributed by atoms with Crippen molar-refractivity contribution >= 4 is 28.9 Å². The molecule has 10 nitrogen and oxygen atoms in total. The summed E-state index contributed by atoms with van der Waals surface area (Å²) in [7, 11) is 1.64. The van der Waals surface area contributed by atoms with E-state index in [2.05, 4.69) is 36.2 Å². The van der Waals surface area contributed by atoms with Crippen LogP contribution in [0.25, 0.3) is 0 Å². The van der Waals surface area contributed by atoms with Crippen LogP contribution < -0.4 is 21.3 Å². The van der Waals surface area contributed by atoms with Gasteiger partial charge in [0.05, 0.1) is 29.5 Å². The molecular weight excluding hydrogens is 420 g/mol. The summed E-state index contributed by atoms with van der Waals surface area (Å²) in [6.45, 7) is 0. The minimum atomic E-state index is -0.517. The molecule has 2 aliphatic rings. The molecule has 2 aromatic rings. The predicted molar refractivity (Wildman–Crippen MR) is 124 cm³/mol. The Morgan fingerprint density at radius 3 is 2.48 bits per heavy atom. The van der Waals surface area contributed by atoms with E-state index in [-0.39, 0.29) is 23.1 Å². The van der Waals surface area contributed by atoms with Gasteiger partial charge in [0, 0.05) is 30.9 Å². The van der Waals surface area contributed by atoms with Gasteiger partial charge in [-0.25, -0.2) is 15.0 Å². The maximum absolute atomic E-state index is 13.3. The third kappa shape index (κ3) is 5.71. The molecule has 4 rings (SSSR count). The normalized spacial score (nSPS) is 16.2. The molecule has 2 aromatic heterocycles. The summed E-state index contributed by atoms with van der Waals surface area (Å²) in [5.41, 5.74) is 1.89. The van der Waals surface area contributed by atoms with Crippen molar-refractivity contribution in [1.29, 1.82) is 5.41 Å². The number of pyridine rings is 1.